The van der Waals surface area contributed by atoms with Crippen molar-refractivity contribution in [3.63, 3.8) is 0 Å². The molecule has 26 heavy (non-hydrogen) atoms. The molecule has 0 atom stereocenters. The van der Waals surface area contributed by atoms with Gasteiger partial charge < -0.3 is 20.5 Å². The van der Waals surface area contributed by atoms with Crippen LogP contribution in [0.1, 0.15) is 39.9 Å². The lowest BCUT2D eigenvalue weighted by Crippen LogP contribution is -2.44. The molecule has 2 aromatic rings. The van der Waals surface area contributed by atoms with E-state index in [0.717, 1.165) is 56.4 Å². The molecule has 0 radical (unpaired) electrons. The highest BCUT2D eigenvalue weighted by Crippen LogP contribution is 2.15. The number of aryl methyl sites for hydroxylation is 2. The van der Waals surface area contributed by atoms with Crippen LogP contribution in [-0.4, -0.2) is 47.2 Å². The van der Waals surface area contributed by atoms with Gasteiger partial charge in [-0.15, -0.1) is 0 Å². The SMILES string of the molecule is CCNC(=NCCCn1c(C)nc2ccccc21)NCCNC(C)(C)C. The van der Waals surface area contributed by atoms with E-state index in [0.29, 0.717) is 0 Å². The number of benzene rings is 1. The van der Waals surface area contributed by atoms with Crippen molar-refractivity contribution in [2.24, 2.45) is 4.99 Å². The lowest BCUT2D eigenvalue weighted by atomic mass is 10.1. The number of nitrogens with one attached hydrogen (secondary N) is 3. The second kappa shape index (κ2) is 9.57. The quantitative estimate of drug-likeness (QED) is 0.386. The normalized spacial score (nSPS) is 12.6. The van der Waals surface area contributed by atoms with Gasteiger partial charge in [0.25, 0.3) is 0 Å². The van der Waals surface area contributed by atoms with Gasteiger partial charge in [0.2, 0.25) is 0 Å². The molecule has 3 N–H and O–H groups in total. The molecule has 6 heteroatoms. The molecule has 0 fully saturated rings. The topological polar surface area (TPSA) is 66.3 Å². The molecule has 0 spiro atoms. The predicted molar refractivity (Wildman–Crippen MR) is 111 cm³/mol. The van der Waals surface area contributed by atoms with Crippen LogP contribution in [0.3, 0.4) is 0 Å². The Morgan fingerprint density at radius 3 is 2.65 bits per heavy atom. The third-order valence-electron chi connectivity index (χ3n) is 4.07. The summed E-state index contributed by atoms with van der Waals surface area (Å²) in [6.45, 7) is 15.0. The molecular formula is C20H34N6. The fourth-order valence-corrected chi connectivity index (χ4v) is 2.86. The van der Waals surface area contributed by atoms with E-state index in [4.69, 9.17) is 0 Å². The first-order valence-corrected chi connectivity index (χ1v) is 9.60. The zero-order chi connectivity index (χ0) is 19.0. The Hall–Kier alpha value is -2.08. The minimum Gasteiger partial charge on any atom is -0.357 e. The third kappa shape index (κ3) is 6.33. The summed E-state index contributed by atoms with van der Waals surface area (Å²) in [5.74, 6) is 1.95. The molecule has 0 unspecified atom stereocenters. The van der Waals surface area contributed by atoms with Crippen molar-refractivity contribution in [1.29, 1.82) is 0 Å². The van der Waals surface area contributed by atoms with Crippen molar-refractivity contribution in [3.05, 3.63) is 30.1 Å². The highest BCUT2D eigenvalue weighted by molar-refractivity contribution is 5.79. The molecule has 0 saturated carbocycles. The highest BCUT2D eigenvalue weighted by atomic mass is 15.2. The van der Waals surface area contributed by atoms with Crippen LogP contribution in [0, 0.1) is 6.92 Å². The van der Waals surface area contributed by atoms with Gasteiger partial charge in [-0.25, -0.2) is 4.98 Å². The lowest BCUT2D eigenvalue weighted by molar-refractivity contribution is 0.428. The van der Waals surface area contributed by atoms with E-state index < -0.39 is 0 Å². The minimum atomic E-state index is 0.141. The van der Waals surface area contributed by atoms with Crippen molar-refractivity contribution >= 4 is 17.0 Å². The number of hydrogen-bond donors (Lipinski definition) is 3. The maximum Gasteiger partial charge on any atom is 0.191 e. The third-order valence-corrected chi connectivity index (χ3v) is 4.07. The molecule has 144 valence electrons. The summed E-state index contributed by atoms with van der Waals surface area (Å²) >= 11 is 0. The van der Waals surface area contributed by atoms with Gasteiger partial charge in [-0.1, -0.05) is 12.1 Å². The summed E-state index contributed by atoms with van der Waals surface area (Å²) in [6.07, 6.45) is 0.984. The molecule has 0 saturated heterocycles. The van der Waals surface area contributed by atoms with E-state index in [1.807, 2.05) is 6.07 Å². The fraction of sp³-hybridized carbons (Fsp3) is 0.600. The van der Waals surface area contributed by atoms with Crippen molar-refractivity contribution in [2.75, 3.05) is 26.2 Å². The van der Waals surface area contributed by atoms with Crippen LogP contribution in [0.5, 0.6) is 0 Å². The first-order chi connectivity index (χ1) is 12.4. The van der Waals surface area contributed by atoms with Crippen LogP contribution in [-0.2, 0) is 6.54 Å². The number of guanidine groups is 1. The van der Waals surface area contributed by atoms with Gasteiger partial charge in [-0.2, -0.15) is 0 Å². The maximum atomic E-state index is 4.69. The summed E-state index contributed by atoms with van der Waals surface area (Å²) in [5.41, 5.74) is 2.41. The Morgan fingerprint density at radius 1 is 1.15 bits per heavy atom. The van der Waals surface area contributed by atoms with Crippen LogP contribution in [0.4, 0.5) is 0 Å². The number of hydrogen-bond acceptors (Lipinski definition) is 3. The van der Waals surface area contributed by atoms with Crippen LogP contribution in [0.2, 0.25) is 0 Å². The molecule has 6 nitrogen and oxygen atoms in total. The van der Waals surface area contributed by atoms with Crippen molar-refractivity contribution in [3.8, 4) is 0 Å². The summed E-state index contributed by atoms with van der Waals surface area (Å²) < 4.78 is 2.28. The first kappa shape index (κ1) is 20.2. The molecule has 1 aromatic carbocycles. The first-order valence-electron chi connectivity index (χ1n) is 9.60. The Balaban J connectivity index is 1.82. The number of fused-ring (bicyclic) bond motifs is 1. The van der Waals surface area contributed by atoms with Gasteiger partial charge in [-0.05, 0) is 53.2 Å². The molecule has 0 amide bonds. The largest absolute Gasteiger partial charge is 0.357 e. The molecule has 0 aliphatic rings. The van der Waals surface area contributed by atoms with Gasteiger partial charge in [0.05, 0.1) is 11.0 Å². The Bertz CT molecular complexity index is 711. The minimum absolute atomic E-state index is 0.141. The van der Waals surface area contributed by atoms with Gasteiger partial charge in [0.15, 0.2) is 5.96 Å². The molecular weight excluding hydrogens is 324 g/mol. The zero-order valence-corrected chi connectivity index (χ0v) is 16.9. The van der Waals surface area contributed by atoms with E-state index in [9.17, 15) is 0 Å². The highest BCUT2D eigenvalue weighted by Gasteiger charge is 2.08. The number of rotatable bonds is 8. The van der Waals surface area contributed by atoms with Gasteiger partial charge in [-0.3, -0.25) is 4.99 Å². The zero-order valence-electron chi connectivity index (χ0n) is 16.9. The standard InChI is InChI=1S/C20H34N6/c1-6-21-19(23-13-14-24-20(3,4)5)22-12-9-15-26-16(2)25-17-10-7-8-11-18(17)26/h7-8,10-11,24H,6,9,12-15H2,1-5H3,(H2,21,22,23). The average Bonchev–Trinajstić information content (AvgIpc) is 2.90. The monoisotopic (exact) mass is 358 g/mol. The smallest absolute Gasteiger partial charge is 0.191 e. The van der Waals surface area contributed by atoms with Gasteiger partial charge in [0.1, 0.15) is 5.82 Å². The number of nitrogens with zero attached hydrogens (tertiary/aromatic N) is 3. The second-order valence-electron chi connectivity index (χ2n) is 7.52. The van der Waals surface area contributed by atoms with E-state index in [1.54, 1.807) is 0 Å². The second-order valence-corrected chi connectivity index (χ2v) is 7.52. The van der Waals surface area contributed by atoms with Crippen LogP contribution >= 0.6 is 0 Å². The van der Waals surface area contributed by atoms with E-state index in [1.165, 1.54) is 5.52 Å². The van der Waals surface area contributed by atoms with E-state index >= 15 is 0 Å². The van der Waals surface area contributed by atoms with Crippen molar-refractivity contribution < 1.29 is 0 Å². The molecule has 2 rings (SSSR count). The Labute approximate surface area is 157 Å². The summed E-state index contributed by atoms with van der Waals surface area (Å²) in [4.78, 5) is 9.31. The summed E-state index contributed by atoms with van der Waals surface area (Å²) in [6, 6.07) is 8.30. The van der Waals surface area contributed by atoms with E-state index in [-0.39, 0.29) is 5.54 Å². The van der Waals surface area contributed by atoms with E-state index in [2.05, 4.69) is 83.3 Å². The van der Waals surface area contributed by atoms with Gasteiger partial charge >= 0.3 is 0 Å². The van der Waals surface area contributed by atoms with Crippen LogP contribution < -0.4 is 16.0 Å². The van der Waals surface area contributed by atoms with Crippen LogP contribution in [0.15, 0.2) is 29.3 Å². The van der Waals surface area contributed by atoms with Crippen molar-refractivity contribution in [1.82, 2.24) is 25.5 Å². The van der Waals surface area contributed by atoms with Crippen LogP contribution in [0.25, 0.3) is 11.0 Å². The van der Waals surface area contributed by atoms with Crippen molar-refractivity contribution in [2.45, 2.75) is 53.1 Å². The molecule has 1 aromatic heterocycles. The Kier molecular flexibility index (Phi) is 7.45. The molecule has 0 aliphatic carbocycles. The molecule has 0 bridgehead atoms. The number of aliphatic imine (C=N–C) groups is 1. The average molecular weight is 359 g/mol. The number of imidazole rings is 1. The lowest BCUT2D eigenvalue weighted by Gasteiger charge is -2.21. The van der Waals surface area contributed by atoms with Gasteiger partial charge in [0, 0.05) is 38.3 Å². The molecule has 1 heterocycles. The predicted octanol–water partition coefficient (Wildman–Crippen LogP) is 2.68. The fourth-order valence-electron chi connectivity index (χ4n) is 2.86. The maximum absolute atomic E-state index is 4.69. The number of para-hydroxylation sites is 2. The number of aromatic nitrogens is 2. The Morgan fingerprint density at radius 2 is 1.92 bits per heavy atom. The summed E-state index contributed by atoms with van der Waals surface area (Å²) in [5, 5.41) is 10.2. The summed E-state index contributed by atoms with van der Waals surface area (Å²) in [7, 11) is 0. The molecule has 0 aliphatic heterocycles.